The maximum atomic E-state index is 15.1. The molecule has 0 saturated carbocycles. The number of aryl methyl sites for hydroxylation is 1. The Bertz CT molecular complexity index is 1340. The lowest BCUT2D eigenvalue weighted by Crippen LogP contribution is -2.47. The lowest BCUT2D eigenvalue weighted by Gasteiger charge is -2.32. The van der Waals surface area contributed by atoms with Crippen LogP contribution in [0, 0.1) is 5.82 Å². The van der Waals surface area contributed by atoms with Crippen molar-refractivity contribution in [2.45, 2.75) is 25.9 Å². The molecule has 37 heavy (non-hydrogen) atoms. The van der Waals surface area contributed by atoms with Crippen LogP contribution < -0.4 is 15.5 Å². The second-order valence-corrected chi connectivity index (χ2v) is 9.11. The van der Waals surface area contributed by atoms with E-state index >= 15 is 4.39 Å². The zero-order chi connectivity index (χ0) is 26.2. The Kier molecular flexibility index (Phi) is 8.48. The van der Waals surface area contributed by atoms with Crippen molar-refractivity contribution in [3.8, 4) is 0 Å². The average Bonchev–Trinajstić information content (AvgIpc) is 3.64. The Morgan fingerprint density at radius 2 is 1.76 bits per heavy atom. The lowest BCUT2D eigenvalue weighted by molar-refractivity contribution is -0.126. The van der Waals surface area contributed by atoms with E-state index in [1.807, 2.05) is 19.1 Å². The van der Waals surface area contributed by atoms with E-state index in [9.17, 15) is 14.4 Å². The lowest BCUT2D eigenvalue weighted by atomic mass is 10.0. The first-order valence-corrected chi connectivity index (χ1v) is 12.6. The molecule has 0 radical (unpaired) electrons. The van der Waals surface area contributed by atoms with Crippen molar-refractivity contribution in [1.82, 2.24) is 10.6 Å². The Hall–Kier alpha value is -4.24. The molecule has 2 heterocycles. The minimum atomic E-state index is -1.34. The first-order valence-electron chi connectivity index (χ1n) is 11.7. The van der Waals surface area contributed by atoms with Gasteiger partial charge in [0.1, 0.15) is 17.6 Å². The van der Waals surface area contributed by atoms with Crippen molar-refractivity contribution in [2.75, 3.05) is 11.4 Å². The van der Waals surface area contributed by atoms with E-state index < -0.39 is 29.6 Å². The Morgan fingerprint density at radius 3 is 2.41 bits per heavy atom. The van der Waals surface area contributed by atoms with Crippen LogP contribution in [-0.2, 0) is 22.6 Å². The van der Waals surface area contributed by atoms with Gasteiger partial charge in [-0.25, -0.2) is 4.39 Å². The number of furan rings is 1. The highest BCUT2D eigenvalue weighted by Gasteiger charge is 2.34. The fraction of sp³-hybridized carbons (Fsp3) is 0.179. The number of hydrogen-bond acceptors (Lipinski definition) is 5. The number of hydrogen-bond donors (Lipinski definition) is 2. The summed E-state index contributed by atoms with van der Waals surface area (Å²) >= 11 is 1.25. The van der Waals surface area contributed by atoms with E-state index in [4.69, 9.17) is 4.42 Å². The topological polar surface area (TPSA) is 91.7 Å². The molecule has 2 N–H and O–H groups in total. The van der Waals surface area contributed by atoms with Gasteiger partial charge in [0.05, 0.1) is 24.2 Å². The number of nitrogens with one attached hydrogen (secondary N) is 2. The SMILES string of the molecule is CCc1ccc(N(C(=O)CNC(=O)c2cccs2)[C@@H](C(=O)NCc2ccco2)c2ccccc2F)cc1. The highest BCUT2D eigenvalue weighted by molar-refractivity contribution is 7.12. The molecule has 0 aliphatic rings. The molecule has 1 atom stereocenters. The number of benzene rings is 2. The van der Waals surface area contributed by atoms with Gasteiger partial charge in [-0.15, -0.1) is 11.3 Å². The summed E-state index contributed by atoms with van der Waals surface area (Å²) in [6, 6.07) is 18.4. The molecule has 0 aliphatic carbocycles. The summed E-state index contributed by atoms with van der Waals surface area (Å²) in [5.41, 5.74) is 1.46. The highest BCUT2D eigenvalue weighted by Crippen LogP contribution is 2.30. The first-order chi connectivity index (χ1) is 18.0. The van der Waals surface area contributed by atoms with Gasteiger partial charge in [0.2, 0.25) is 11.8 Å². The Balaban J connectivity index is 1.69. The maximum Gasteiger partial charge on any atom is 0.261 e. The second-order valence-electron chi connectivity index (χ2n) is 8.16. The summed E-state index contributed by atoms with van der Waals surface area (Å²) in [4.78, 5) is 41.4. The van der Waals surface area contributed by atoms with Crippen LogP contribution in [0.3, 0.4) is 0 Å². The molecule has 2 aromatic carbocycles. The van der Waals surface area contributed by atoms with Crippen LogP contribution in [0.2, 0.25) is 0 Å². The van der Waals surface area contributed by atoms with Gasteiger partial charge in [0.15, 0.2) is 0 Å². The fourth-order valence-electron chi connectivity index (χ4n) is 3.84. The van der Waals surface area contributed by atoms with Crippen LogP contribution >= 0.6 is 11.3 Å². The smallest absolute Gasteiger partial charge is 0.261 e. The molecule has 2 aromatic heterocycles. The summed E-state index contributed by atoms with van der Waals surface area (Å²) in [5, 5.41) is 7.12. The van der Waals surface area contributed by atoms with Crippen molar-refractivity contribution >= 4 is 34.7 Å². The minimum absolute atomic E-state index is 0.0250. The Morgan fingerprint density at radius 1 is 0.973 bits per heavy atom. The molecule has 9 heteroatoms. The van der Waals surface area contributed by atoms with E-state index in [0.717, 1.165) is 12.0 Å². The normalized spacial score (nSPS) is 11.5. The van der Waals surface area contributed by atoms with E-state index in [1.54, 1.807) is 47.8 Å². The fourth-order valence-corrected chi connectivity index (χ4v) is 4.48. The average molecular weight is 520 g/mol. The monoisotopic (exact) mass is 519 g/mol. The number of carbonyl (C=O) groups is 3. The molecule has 4 rings (SSSR count). The number of amides is 3. The molecule has 0 unspecified atom stereocenters. The standard InChI is InChI=1S/C28H26FN3O4S/c1-2-19-11-13-20(14-12-19)32(25(33)18-31-27(34)24-10-6-16-37-24)26(22-8-3-4-9-23(22)29)28(35)30-17-21-7-5-15-36-21/h3-16,26H,2,17-18H2,1H3,(H,30,35)(H,31,34)/t26-/m1/s1. The summed E-state index contributed by atoms with van der Waals surface area (Å²) < 4.78 is 20.4. The highest BCUT2D eigenvalue weighted by atomic mass is 32.1. The van der Waals surface area contributed by atoms with Crippen molar-refractivity contribution in [1.29, 1.82) is 0 Å². The molecule has 0 bridgehead atoms. The Labute approximate surface area is 217 Å². The largest absolute Gasteiger partial charge is 0.467 e. The van der Waals surface area contributed by atoms with Crippen molar-refractivity contribution in [2.24, 2.45) is 0 Å². The number of thiophene rings is 1. The van der Waals surface area contributed by atoms with E-state index in [0.29, 0.717) is 16.3 Å². The number of nitrogens with zero attached hydrogens (tertiary/aromatic N) is 1. The summed E-state index contributed by atoms with van der Waals surface area (Å²) in [6.07, 6.45) is 2.27. The molecule has 7 nitrogen and oxygen atoms in total. The predicted octanol–water partition coefficient (Wildman–Crippen LogP) is 4.86. The van der Waals surface area contributed by atoms with Gasteiger partial charge in [0.25, 0.3) is 5.91 Å². The minimum Gasteiger partial charge on any atom is -0.467 e. The molecule has 0 aliphatic heterocycles. The zero-order valence-corrected chi connectivity index (χ0v) is 21.0. The maximum absolute atomic E-state index is 15.1. The number of rotatable bonds is 10. The third-order valence-electron chi connectivity index (χ3n) is 5.76. The van der Waals surface area contributed by atoms with Crippen LogP contribution in [-0.4, -0.2) is 24.3 Å². The second kappa shape index (κ2) is 12.1. The molecule has 4 aromatic rings. The van der Waals surface area contributed by atoms with Crippen LogP contribution in [0.5, 0.6) is 0 Å². The summed E-state index contributed by atoms with van der Waals surface area (Å²) in [5.74, 6) is -1.70. The number of halogens is 1. The van der Waals surface area contributed by atoms with E-state index in [-0.39, 0.29) is 18.7 Å². The zero-order valence-electron chi connectivity index (χ0n) is 20.1. The molecular weight excluding hydrogens is 493 g/mol. The van der Waals surface area contributed by atoms with Crippen LogP contribution in [0.1, 0.15) is 39.5 Å². The van der Waals surface area contributed by atoms with Crippen LogP contribution in [0.15, 0.2) is 88.9 Å². The van der Waals surface area contributed by atoms with Crippen molar-refractivity contribution in [3.63, 3.8) is 0 Å². The summed E-state index contributed by atoms with van der Waals surface area (Å²) in [6.45, 7) is 1.67. The molecule has 0 saturated heterocycles. The van der Waals surface area contributed by atoms with Crippen molar-refractivity contribution < 1.29 is 23.2 Å². The predicted molar refractivity (Wildman–Crippen MR) is 140 cm³/mol. The van der Waals surface area contributed by atoms with E-state index in [1.165, 1.54) is 40.7 Å². The molecule has 190 valence electrons. The third kappa shape index (κ3) is 6.31. The molecule has 3 amide bonds. The third-order valence-corrected chi connectivity index (χ3v) is 6.63. The van der Waals surface area contributed by atoms with Gasteiger partial charge in [-0.3, -0.25) is 19.3 Å². The summed E-state index contributed by atoms with van der Waals surface area (Å²) in [7, 11) is 0. The van der Waals surface area contributed by atoms with Crippen LogP contribution in [0.4, 0.5) is 10.1 Å². The van der Waals surface area contributed by atoms with Crippen molar-refractivity contribution in [3.05, 3.63) is 112 Å². The van der Waals surface area contributed by atoms with Gasteiger partial charge < -0.3 is 15.1 Å². The van der Waals surface area contributed by atoms with E-state index in [2.05, 4.69) is 10.6 Å². The molecule has 0 spiro atoms. The number of anilines is 1. The van der Waals surface area contributed by atoms with Gasteiger partial charge in [-0.1, -0.05) is 43.3 Å². The molecular formula is C28H26FN3O4S. The van der Waals surface area contributed by atoms with Gasteiger partial charge in [-0.05, 0) is 53.8 Å². The molecule has 0 fully saturated rings. The van der Waals surface area contributed by atoms with Gasteiger partial charge >= 0.3 is 0 Å². The van der Waals surface area contributed by atoms with Gasteiger partial charge in [0, 0.05) is 11.3 Å². The number of carbonyl (C=O) groups excluding carboxylic acids is 3. The van der Waals surface area contributed by atoms with Gasteiger partial charge in [-0.2, -0.15) is 0 Å². The quantitative estimate of drug-likeness (QED) is 0.313. The first kappa shape index (κ1) is 25.8. The van der Waals surface area contributed by atoms with Crippen LogP contribution in [0.25, 0.3) is 0 Å².